The number of alkyl halides is 3. The van der Waals surface area contributed by atoms with E-state index in [1.54, 1.807) is 58.5 Å². The molecule has 1 atom stereocenters. The number of nitrogens with zero attached hydrogens (tertiary/aromatic N) is 4. The first-order valence-corrected chi connectivity index (χ1v) is 25.6. The molecule has 0 unspecified atom stereocenters. The summed E-state index contributed by atoms with van der Waals surface area (Å²) in [6, 6.07) is 15.9. The van der Waals surface area contributed by atoms with E-state index in [9.17, 15) is 41.5 Å². The van der Waals surface area contributed by atoms with Crippen LogP contribution in [0, 0.1) is 5.82 Å². The number of ether oxygens (including phenoxy) is 3. The molecular formula is C48H51F4N11O8S3. The van der Waals surface area contributed by atoms with Gasteiger partial charge in [0.25, 0.3) is 5.56 Å². The number of rotatable bonds is 25. The van der Waals surface area contributed by atoms with Crippen LogP contribution in [0.15, 0.2) is 82.1 Å². The van der Waals surface area contributed by atoms with E-state index in [0.29, 0.717) is 72.0 Å². The molecule has 4 amide bonds. The number of fused-ring (bicyclic) bond motifs is 2. The van der Waals surface area contributed by atoms with Crippen molar-refractivity contribution in [1.29, 1.82) is 0 Å². The van der Waals surface area contributed by atoms with Gasteiger partial charge in [-0.05, 0) is 65.7 Å². The first-order chi connectivity index (χ1) is 35.5. The van der Waals surface area contributed by atoms with Crippen LogP contribution in [0.2, 0.25) is 0 Å². The van der Waals surface area contributed by atoms with Gasteiger partial charge in [-0.25, -0.2) is 14.4 Å². The van der Waals surface area contributed by atoms with Crippen LogP contribution in [0.3, 0.4) is 0 Å². The Morgan fingerprint density at radius 2 is 1.51 bits per heavy atom. The number of carbonyl (C=O) groups is 4. The number of aromatic nitrogens is 5. The molecule has 0 aliphatic carbocycles. The first-order valence-electron chi connectivity index (χ1n) is 23.0. The van der Waals surface area contributed by atoms with Crippen LogP contribution in [0.25, 0.3) is 32.0 Å². The molecule has 0 spiro atoms. The van der Waals surface area contributed by atoms with Crippen LogP contribution >= 0.6 is 34.4 Å². The molecule has 7 rings (SSSR count). The predicted molar refractivity (Wildman–Crippen MR) is 274 cm³/mol. The van der Waals surface area contributed by atoms with Crippen LogP contribution in [0.5, 0.6) is 0 Å². The van der Waals surface area contributed by atoms with E-state index < -0.39 is 52.8 Å². The number of thioether (sulfide) groups is 1. The number of pyridine rings is 1. The van der Waals surface area contributed by atoms with E-state index >= 15 is 0 Å². The normalized spacial score (nSPS) is 12.0. The fourth-order valence-electron chi connectivity index (χ4n) is 7.28. The molecule has 0 aliphatic heterocycles. The number of nitrogen functional groups attached to an aromatic ring is 2. The number of aromatic amines is 1. The molecule has 0 bridgehead atoms. The van der Waals surface area contributed by atoms with Gasteiger partial charge in [0, 0.05) is 61.4 Å². The molecule has 5 heterocycles. The molecule has 26 heteroatoms. The van der Waals surface area contributed by atoms with Crippen LogP contribution in [0.4, 0.5) is 34.9 Å². The maximum Gasteiger partial charge on any atom is 0.417 e. The highest BCUT2D eigenvalue weighted by Gasteiger charge is 2.36. The molecule has 392 valence electrons. The van der Waals surface area contributed by atoms with Gasteiger partial charge < -0.3 is 46.9 Å². The number of benzene rings is 2. The number of amides is 4. The van der Waals surface area contributed by atoms with Crippen LogP contribution in [0.1, 0.15) is 41.3 Å². The minimum Gasteiger partial charge on any atom is -0.397 e. The van der Waals surface area contributed by atoms with E-state index in [1.807, 2.05) is 0 Å². The number of halogens is 4. The second-order valence-corrected chi connectivity index (χ2v) is 19.4. The van der Waals surface area contributed by atoms with Crippen molar-refractivity contribution < 1.29 is 51.0 Å². The molecule has 74 heavy (non-hydrogen) atoms. The number of hydrogen-bond donors (Lipinski definition) is 7. The third-order valence-corrected chi connectivity index (χ3v) is 13.9. The Labute approximate surface area is 432 Å². The summed E-state index contributed by atoms with van der Waals surface area (Å²) in [5.74, 6) is -3.02. The molecule has 0 aliphatic rings. The van der Waals surface area contributed by atoms with Gasteiger partial charge in [-0.2, -0.15) is 18.2 Å². The molecule has 0 radical (unpaired) electrons. The van der Waals surface area contributed by atoms with Gasteiger partial charge in [0.05, 0.1) is 54.8 Å². The second kappa shape index (κ2) is 25.8. The SMILES string of the molecule is CC(=O)N[C@@H](CSc1nc2c(=O)[nH]c(N)nc2n1Cc1ccc(F)cc1)C(=O)NCCCOCCOCCOCCCNC(=O)C(=O)Nc1ccc(Cc2sc3nc(-c4cccs4)cc(C(F)(F)F)c3c2N)cc1. The Morgan fingerprint density at radius 1 is 0.851 bits per heavy atom. The summed E-state index contributed by atoms with van der Waals surface area (Å²) in [6.07, 6.45) is -3.49. The third-order valence-electron chi connectivity index (χ3n) is 10.8. The monoisotopic (exact) mass is 1080 g/mol. The topological polar surface area (TPSA) is 273 Å². The van der Waals surface area contributed by atoms with Crippen molar-refractivity contribution in [2.24, 2.45) is 0 Å². The van der Waals surface area contributed by atoms with Crippen LogP contribution in [-0.4, -0.2) is 113 Å². The Kier molecular flexibility index (Phi) is 19.1. The van der Waals surface area contributed by atoms with Gasteiger partial charge >= 0.3 is 18.0 Å². The highest BCUT2D eigenvalue weighted by atomic mass is 32.2. The molecule has 0 fully saturated rings. The molecule has 0 saturated heterocycles. The lowest BCUT2D eigenvalue weighted by Crippen LogP contribution is -2.48. The van der Waals surface area contributed by atoms with E-state index in [4.69, 9.17) is 25.7 Å². The Bertz CT molecular complexity index is 3120. The Balaban J connectivity index is 0.727. The van der Waals surface area contributed by atoms with Crippen molar-refractivity contribution in [3.8, 4) is 10.6 Å². The van der Waals surface area contributed by atoms with Gasteiger partial charge in [-0.1, -0.05) is 42.1 Å². The van der Waals surface area contributed by atoms with Crippen molar-refractivity contribution in [2.45, 2.75) is 50.1 Å². The first kappa shape index (κ1) is 54.8. The summed E-state index contributed by atoms with van der Waals surface area (Å²) in [5.41, 5.74) is 13.0. The second-order valence-electron chi connectivity index (χ2n) is 16.4. The Hall–Kier alpha value is -6.97. The molecule has 0 saturated carbocycles. The van der Waals surface area contributed by atoms with Gasteiger partial charge in [-0.15, -0.1) is 22.7 Å². The minimum absolute atomic E-state index is 0.0188. The molecule has 7 aromatic rings. The van der Waals surface area contributed by atoms with E-state index in [0.717, 1.165) is 34.7 Å². The number of imidazole rings is 1. The highest BCUT2D eigenvalue weighted by molar-refractivity contribution is 7.99. The van der Waals surface area contributed by atoms with E-state index in [-0.39, 0.29) is 77.1 Å². The van der Waals surface area contributed by atoms with Crippen molar-refractivity contribution >= 4 is 96.8 Å². The zero-order valence-electron chi connectivity index (χ0n) is 39.6. The largest absolute Gasteiger partial charge is 0.417 e. The number of anilines is 3. The highest BCUT2D eigenvalue weighted by Crippen LogP contribution is 2.44. The number of nitrogens with two attached hydrogens (primary N) is 2. The average molecular weight is 1080 g/mol. The van der Waals surface area contributed by atoms with Gasteiger partial charge in [0.15, 0.2) is 16.3 Å². The fraction of sp³-hybridized carbons (Fsp3) is 0.333. The number of H-pyrrole nitrogens is 1. The zero-order valence-corrected chi connectivity index (χ0v) is 42.1. The maximum absolute atomic E-state index is 14.1. The lowest BCUT2D eigenvalue weighted by Gasteiger charge is -2.17. The molecule has 5 aromatic heterocycles. The number of carbonyl (C=O) groups excluding carboxylic acids is 4. The quantitative estimate of drug-likeness (QED) is 0.0156. The summed E-state index contributed by atoms with van der Waals surface area (Å²) in [5, 5.41) is 12.5. The third kappa shape index (κ3) is 15.1. The fourth-order valence-corrected chi connectivity index (χ4v) is 10.1. The van der Waals surface area contributed by atoms with E-state index in [2.05, 4.69) is 41.2 Å². The predicted octanol–water partition coefficient (Wildman–Crippen LogP) is 5.72. The summed E-state index contributed by atoms with van der Waals surface area (Å²) in [6.45, 7) is 3.73. The summed E-state index contributed by atoms with van der Waals surface area (Å²) >= 11 is 3.52. The minimum atomic E-state index is -4.63. The van der Waals surface area contributed by atoms with Crippen molar-refractivity contribution in [3.05, 3.63) is 110 Å². The summed E-state index contributed by atoms with van der Waals surface area (Å²) < 4.78 is 74.3. The van der Waals surface area contributed by atoms with Crippen molar-refractivity contribution in [3.63, 3.8) is 0 Å². The number of thiophene rings is 2. The molecule has 9 N–H and O–H groups in total. The number of nitrogens with one attached hydrogen (secondary N) is 5. The zero-order chi connectivity index (χ0) is 52.8. The molecule has 2 aromatic carbocycles. The summed E-state index contributed by atoms with van der Waals surface area (Å²) in [7, 11) is 0. The van der Waals surface area contributed by atoms with Gasteiger partial charge in [0.2, 0.25) is 17.8 Å². The van der Waals surface area contributed by atoms with Crippen molar-refractivity contribution in [1.82, 2.24) is 40.5 Å². The van der Waals surface area contributed by atoms with Crippen LogP contribution in [-0.2, 0) is 52.5 Å². The lowest BCUT2D eigenvalue weighted by atomic mass is 10.1. The summed E-state index contributed by atoms with van der Waals surface area (Å²) in [4.78, 5) is 79.6. The van der Waals surface area contributed by atoms with Gasteiger partial charge in [0.1, 0.15) is 16.7 Å². The van der Waals surface area contributed by atoms with Crippen LogP contribution < -0.4 is 38.3 Å². The number of hydrogen-bond acceptors (Lipinski definition) is 16. The average Bonchev–Trinajstić information content (AvgIpc) is 4.10. The van der Waals surface area contributed by atoms with E-state index in [1.165, 1.54) is 30.4 Å². The lowest BCUT2D eigenvalue weighted by molar-refractivity contribution is -0.136. The molecule has 19 nitrogen and oxygen atoms in total. The smallest absolute Gasteiger partial charge is 0.397 e. The standard InChI is InChI=1S/C48H51F4N11O8S3/c1-27(64)57-34(26-73-47-60-39-40(61-46(54)62-42(39)66)63(47)25-29-6-10-30(49)11-7-29)41(65)55-14-3-16-69-18-20-71-21-19-70-17-4-15-56-43(67)44(68)58-31-12-8-28(9-13-31)23-36-38(53)37-32(48(50,51)52)24-33(59-45(37)74-36)35-5-2-22-72-35/h2,5-13,22,24,34H,3-4,14-21,23,25-26,53H2,1H3,(H,55,65)(H,56,67)(H,57,64)(H,58,68)(H3,54,61,62,66)/t34-/m0/s1. The Morgan fingerprint density at radius 3 is 2.16 bits per heavy atom. The van der Waals surface area contributed by atoms with Crippen molar-refractivity contribution in [2.75, 3.05) is 75.3 Å². The maximum atomic E-state index is 14.1. The molecular weight excluding hydrogens is 1030 g/mol. The van der Waals surface area contributed by atoms with Gasteiger partial charge in [-0.3, -0.25) is 33.5 Å².